The lowest BCUT2D eigenvalue weighted by Crippen LogP contribution is -2.14. The maximum absolute atomic E-state index is 6.01. The molecule has 0 aliphatic carbocycles. The van der Waals surface area contributed by atoms with Gasteiger partial charge < -0.3 is 9.64 Å². The number of nitrogens with zero attached hydrogens (tertiary/aromatic N) is 4. The van der Waals surface area contributed by atoms with Crippen LogP contribution >= 0.6 is 34.1 Å². The second-order valence-corrected chi connectivity index (χ2v) is 8.56. The maximum Gasteiger partial charge on any atom is 0.298 e. The molecule has 0 radical (unpaired) electrons. The maximum atomic E-state index is 6.01. The van der Waals surface area contributed by atoms with E-state index in [1.807, 2.05) is 44.3 Å². The Kier molecular flexibility index (Phi) is 7.01. The summed E-state index contributed by atoms with van der Waals surface area (Å²) in [5.41, 5.74) is 4.22. The van der Waals surface area contributed by atoms with Gasteiger partial charge in [0.2, 0.25) is 0 Å². The van der Waals surface area contributed by atoms with Crippen molar-refractivity contribution in [1.29, 1.82) is 0 Å². The van der Waals surface area contributed by atoms with Crippen LogP contribution in [0, 0.1) is 17.4 Å². The van der Waals surface area contributed by atoms with E-state index in [4.69, 9.17) is 4.74 Å². The molecular weight excluding hydrogens is 483 g/mol. The van der Waals surface area contributed by atoms with Gasteiger partial charge in [0.1, 0.15) is 5.75 Å². The molecule has 7 heteroatoms. The fourth-order valence-corrected chi connectivity index (χ4v) is 3.42. The Labute approximate surface area is 183 Å². The molecule has 0 N–H and O–H groups in total. The Morgan fingerprint density at radius 3 is 2.64 bits per heavy atom. The van der Waals surface area contributed by atoms with Gasteiger partial charge in [-0.1, -0.05) is 12.1 Å². The third-order valence-electron chi connectivity index (χ3n) is 4.31. The molecule has 0 saturated carbocycles. The first-order chi connectivity index (χ1) is 13.4. The summed E-state index contributed by atoms with van der Waals surface area (Å²) in [6, 6.07) is 12.4. The van der Waals surface area contributed by atoms with Crippen LogP contribution < -0.4 is 4.74 Å². The minimum atomic E-state index is 0.560. The van der Waals surface area contributed by atoms with Crippen LogP contribution in [0.1, 0.15) is 29.4 Å². The number of benzene rings is 2. The van der Waals surface area contributed by atoms with E-state index >= 15 is 0 Å². The second kappa shape index (κ2) is 9.47. The Morgan fingerprint density at radius 1 is 1.18 bits per heavy atom. The molecular formula is C21H23IN4OS. The van der Waals surface area contributed by atoms with Crippen molar-refractivity contribution in [3.63, 3.8) is 0 Å². The first kappa shape index (κ1) is 20.7. The van der Waals surface area contributed by atoms with Gasteiger partial charge in [0, 0.05) is 35.1 Å². The zero-order chi connectivity index (χ0) is 20.1. The highest BCUT2D eigenvalue weighted by Gasteiger charge is 2.11. The molecule has 0 aliphatic rings. The van der Waals surface area contributed by atoms with Crippen LogP contribution in [0.4, 0.5) is 5.69 Å². The molecule has 0 saturated heterocycles. The number of hydrogen-bond donors (Lipinski definition) is 0. The third kappa shape index (κ3) is 5.51. The summed E-state index contributed by atoms with van der Waals surface area (Å²) in [5, 5.41) is 0.560. The summed E-state index contributed by atoms with van der Waals surface area (Å²) in [6.45, 7) is 7.07. The van der Waals surface area contributed by atoms with E-state index in [-0.39, 0.29) is 0 Å². The molecule has 28 heavy (non-hydrogen) atoms. The van der Waals surface area contributed by atoms with E-state index in [9.17, 15) is 0 Å². The Bertz CT molecular complexity index is 969. The van der Waals surface area contributed by atoms with E-state index < -0.39 is 0 Å². The van der Waals surface area contributed by atoms with Crippen molar-refractivity contribution in [2.75, 3.05) is 13.6 Å². The van der Waals surface area contributed by atoms with Crippen LogP contribution in [0.25, 0.3) is 0 Å². The average Bonchev–Trinajstić information content (AvgIpc) is 3.11. The van der Waals surface area contributed by atoms with Gasteiger partial charge in [-0.25, -0.2) is 4.99 Å². The van der Waals surface area contributed by atoms with Crippen LogP contribution in [-0.2, 0) is 6.42 Å². The zero-order valence-electron chi connectivity index (χ0n) is 16.4. The van der Waals surface area contributed by atoms with Crippen LogP contribution in [0.3, 0.4) is 0 Å². The smallest absolute Gasteiger partial charge is 0.298 e. The molecule has 5 nitrogen and oxygen atoms in total. The molecule has 0 fully saturated rings. The Balaban J connectivity index is 1.71. The fourth-order valence-electron chi connectivity index (χ4n) is 2.50. The molecule has 3 aromatic rings. The van der Waals surface area contributed by atoms with Gasteiger partial charge in [0.15, 0.2) is 5.82 Å². The minimum Gasteiger partial charge on any atom is -0.430 e. The van der Waals surface area contributed by atoms with Crippen molar-refractivity contribution >= 4 is 46.1 Å². The van der Waals surface area contributed by atoms with Crippen LogP contribution in [0.2, 0.25) is 0 Å². The SMILES string of the molecule is CCN(C)/C=N/c1cc(C)c(Oc2nc(Cc3ccc(I)cc3)ns2)cc1C. The van der Waals surface area contributed by atoms with Gasteiger partial charge in [-0.15, -0.1) is 0 Å². The number of aromatic nitrogens is 2. The lowest BCUT2D eigenvalue weighted by Gasteiger charge is -2.11. The monoisotopic (exact) mass is 506 g/mol. The highest BCUT2D eigenvalue weighted by molar-refractivity contribution is 14.1. The molecule has 0 unspecified atom stereocenters. The van der Waals surface area contributed by atoms with Crippen LogP contribution in [0.5, 0.6) is 10.9 Å². The summed E-state index contributed by atoms with van der Waals surface area (Å²) >= 11 is 3.58. The lowest BCUT2D eigenvalue weighted by molar-refractivity contribution is 0.473. The first-order valence-corrected chi connectivity index (χ1v) is 10.9. The van der Waals surface area contributed by atoms with Gasteiger partial charge >= 0.3 is 0 Å². The van der Waals surface area contributed by atoms with Gasteiger partial charge in [0.25, 0.3) is 5.19 Å². The van der Waals surface area contributed by atoms with E-state index in [2.05, 4.69) is 68.1 Å². The Hall–Kier alpha value is -2.00. The number of aliphatic imine (C=N–C) groups is 1. The standard InChI is InChI=1S/C21H23IN4OS/c1-5-26(4)13-23-18-10-15(3)19(11-14(18)2)27-21-24-20(25-28-21)12-16-6-8-17(22)9-7-16/h6-11,13H,5,12H2,1-4H3/b23-13+. The normalized spacial score (nSPS) is 11.2. The fraction of sp³-hybridized carbons (Fsp3) is 0.286. The topological polar surface area (TPSA) is 50.6 Å². The molecule has 1 heterocycles. The second-order valence-electron chi connectivity index (χ2n) is 6.60. The number of aryl methyl sites for hydroxylation is 2. The number of ether oxygens (including phenoxy) is 1. The molecule has 2 aromatic carbocycles. The summed E-state index contributed by atoms with van der Waals surface area (Å²) in [4.78, 5) is 11.1. The Morgan fingerprint density at radius 2 is 1.93 bits per heavy atom. The van der Waals surface area contributed by atoms with Crippen LogP contribution in [0.15, 0.2) is 41.4 Å². The average molecular weight is 506 g/mol. The molecule has 146 valence electrons. The van der Waals surface area contributed by atoms with Gasteiger partial charge in [-0.2, -0.15) is 9.36 Å². The quantitative estimate of drug-likeness (QED) is 0.233. The van der Waals surface area contributed by atoms with E-state index in [0.717, 1.165) is 34.9 Å². The largest absolute Gasteiger partial charge is 0.430 e. The van der Waals surface area contributed by atoms with Gasteiger partial charge in [-0.3, -0.25) is 0 Å². The van der Waals surface area contributed by atoms with E-state index in [1.54, 1.807) is 0 Å². The predicted octanol–water partition coefficient (Wildman–Crippen LogP) is 5.75. The molecule has 3 rings (SSSR count). The molecule has 0 spiro atoms. The minimum absolute atomic E-state index is 0.560. The number of halogens is 1. The lowest BCUT2D eigenvalue weighted by atomic mass is 10.1. The van der Waals surface area contributed by atoms with Gasteiger partial charge in [-0.05, 0) is 84.3 Å². The van der Waals surface area contributed by atoms with Crippen molar-refractivity contribution < 1.29 is 4.74 Å². The number of rotatable bonds is 7. The summed E-state index contributed by atoms with van der Waals surface area (Å²) < 4.78 is 11.7. The highest BCUT2D eigenvalue weighted by Crippen LogP contribution is 2.32. The predicted molar refractivity (Wildman–Crippen MR) is 124 cm³/mol. The van der Waals surface area contributed by atoms with Crippen molar-refractivity contribution in [1.82, 2.24) is 14.3 Å². The molecule has 0 aliphatic heterocycles. The molecule has 0 atom stereocenters. The number of hydrogen-bond acceptors (Lipinski definition) is 5. The summed E-state index contributed by atoms with van der Waals surface area (Å²) in [5.74, 6) is 1.57. The first-order valence-electron chi connectivity index (χ1n) is 9.05. The van der Waals surface area contributed by atoms with Crippen molar-refractivity contribution in [2.24, 2.45) is 4.99 Å². The highest BCUT2D eigenvalue weighted by atomic mass is 127. The molecule has 0 bridgehead atoms. The van der Waals surface area contributed by atoms with E-state index in [1.165, 1.54) is 20.7 Å². The van der Waals surface area contributed by atoms with Gasteiger partial charge in [0.05, 0.1) is 12.0 Å². The van der Waals surface area contributed by atoms with Crippen LogP contribution in [-0.4, -0.2) is 34.2 Å². The third-order valence-corrected chi connectivity index (χ3v) is 5.66. The van der Waals surface area contributed by atoms with Crippen molar-refractivity contribution in [3.05, 3.63) is 62.5 Å². The summed E-state index contributed by atoms with van der Waals surface area (Å²) in [6.07, 6.45) is 2.55. The molecule has 0 amide bonds. The van der Waals surface area contributed by atoms with Crippen molar-refractivity contribution in [3.8, 4) is 10.9 Å². The van der Waals surface area contributed by atoms with E-state index in [0.29, 0.717) is 11.6 Å². The molecule has 1 aromatic heterocycles. The summed E-state index contributed by atoms with van der Waals surface area (Å²) in [7, 11) is 2.01. The van der Waals surface area contributed by atoms with Crippen molar-refractivity contribution in [2.45, 2.75) is 27.2 Å². The zero-order valence-corrected chi connectivity index (χ0v) is 19.4.